The first-order chi connectivity index (χ1) is 17.0. The molecule has 3 heterocycles. The van der Waals surface area contributed by atoms with E-state index in [0.29, 0.717) is 18.7 Å². The summed E-state index contributed by atoms with van der Waals surface area (Å²) in [5, 5.41) is 11.4. The zero-order chi connectivity index (χ0) is 24.4. The van der Waals surface area contributed by atoms with E-state index in [-0.39, 0.29) is 22.4 Å². The summed E-state index contributed by atoms with van der Waals surface area (Å²) < 4.78 is 0. The van der Waals surface area contributed by atoms with E-state index in [9.17, 15) is 14.9 Å². The van der Waals surface area contributed by atoms with Crippen LogP contribution < -0.4 is 0 Å². The number of amides is 1. The van der Waals surface area contributed by atoms with E-state index in [0.717, 1.165) is 55.8 Å². The summed E-state index contributed by atoms with van der Waals surface area (Å²) >= 11 is 0. The van der Waals surface area contributed by atoms with Crippen LogP contribution in [0.3, 0.4) is 0 Å². The highest BCUT2D eigenvalue weighted by Gasteiger charge is 2.29. The summed E-state index contributed by atoms with van der Waals surface area (Å²) in [7, 11) is 0. The summed E-state index contributed by atoms with van der Waals surface area (Å²) in [6, 6.07) is 19.2. The Balaban J connectivity index is 1.30. The highest BCUT2D eigenvalue weighted by molar-refractivity contribution is 5.95. The number of likely N-dealkylation sites (tertiary alicyclic amines) is 1. The minimum atomic E-state index is -0.310. The van der Waals surface area contributed by atoms with Gasteiger partial charge in [0.15, 0.2) is 0 Å². The molecule has 3 aromatic rings. The van der Waals surface area contributed by atoms with Crippen molar-refractivity contribution in [3.8, 4) is 0 Å². The number of carbonyl (C=O) groups is 1. The first-order valence-electron chi connectivity index (χ1n) is 12.3. The number of nitro benzene ring substituents is 1. The van der Waals surface area contributed by atoms with E-state index >= 15 is 0 Å². The zero-order valence-corrected chi connectivity index (χ0v) is 20.0. The molecule has 2 aliphatic heterocycles. The number of fused-ring (bicyclic) bond motifs is 1. The van der Waals surface area contributed by atoms with Crippen molar-refractivity contribution in [1.29, 1.82) is 0 Å². The van der Waals surface area contributed by atoms with Crippen LogP contribution in [0.4, 0.5) is 5.69 Å². The Bertz CT molecular complexity index is 1250. The number of rotatable bonds is 5. The lowest BCUT2D eigenvalue weighted by atomic mass is 9.89. The number of benzene rings is 2. The van der Waals surface area contributed by atoms with Gasteiger partial charge in [0, 0.05) is 42.9 Å². The average molecular weight is 471 g/mol. The van der Waals surface area contributed by atoms with Gasteiger partial charge in [0.05, 0.1) is 16.2 Å². The van der Waals surface area contributed by atoms with E-state index < -0.39 is 0 Å². The summed E-state index contributed by atoms with van der Waals surface area (Å²) in [6.07, 6.45) is 2.63. The van der Waals surface area contributed by atoms with Crippen LogP contribution in [0.25, 0.3) is 0 Å². The van der Waals surface area contributed by atoms with Crippen LogP contribution in [-0.4, -0.2) is 45.2 Å². The molecular weight excluding hydrogens is 440 g/mol. The van der Waals surface area contributed by atoms with Crippen molar-refractivity contribution >= 4 is 11.6 Å². The molecular formula is C28H30N4O3. The topological polar surface area (TPSA) is 79.6 Å². The van der Waals surface area contributed by atoms with E-state index in [1.54, 1.807) is 12.1 Å². The van der Waals surface area contributed by atoms with Gasteiger partial charge in [-0.15, -0.1) is 0 Å². The van der Waals surface area contributed by atoms with Gasteiger partial charge in [-0.1, -0.05) is 42.5 Å². The van der Waals surface area contributed by atoms with E-state index in [2.05, 4.69) is 23.1 Å². The van der Waals surface area contributed by atoms with Crippen molar-refractivity contribution in [2.24, 2.45) is 0 Å². The van der Waals surface area contributed by atoms with Crippen molar-refractivity contribution in [3.63, 3.8) is 0 Å². The van der Waals surface area contributed by atoms with Gasteiger partial charge in [0.2, 0.25) is 0 Å². The summed E-state index contributed by atoms with van der Waals surface area (Å²) in [6.45, 7) is 5.52. The molecule has 1 aromatic heterocycles. The van der Waals surface area contributed by atoms with Crippen molar-refractivity contribution in [2.45, 2.75) is 45.2 Å². The maximum atomic E-state index is 13.6. The summed E-state index contributed by atoms with van der Waals surface area (Å²) in [5.74, 6) is 0.261. The minimum Gasteiger partial charge on any atom is -0.334 e. The lowest BCUT2D eigenvalue weighted by molar-refractivity contribution is -0.385. The second kappa shape index (κ2) is 9.96. The molecule has 7 nitrogen and oxygen atoms in total. The van der Waals surface area contributed by atoms with E-state index in [4.69, 9.17) is 4.98 Å². The van der Waals surface area contributed by atoms with Gasteiger partial charge >= 0.3 is 0 Å². The lowest BCUT2D eigenvalue weighted by Crippen LogP contribution is -2.37. The number of nitrogens with zero attached hydrogens (tertiary/aromatic N) is 4. The highest BCUT2D eigenvalue weighted by Crippen LogP contribution is 2.32. The first kappa shape index (κ1) is 23.2. The number of nitro groups is 1. The van der Waals surface area contributed by atoms with Gasteiger partial charge in [-0.3, -0.25) is 24.8 Å². The fourth-order valence-corrected chi connectivity index (χ4v) is 5.34. The Kier molecular flexibility index (Phi) is 6.59. The minimum absolute atomic E-state index is 0.0596. The highest BCUT2D eigenvalue weighted by atomic mass is 16.6. The predicted molar refractivity (Wildman–Crippen MR) is 134 cm³/mol. The third-order valence-electron chi connectivity index (χ3n) is 7.27. The second-order valence-corrected chi connectivity index (χ2v) is 9.57. The molecule has 7 heteroatoms. The molecule has 2 aromatic carbocycles. The van der Waals surface area contributed by atoms with Gasteiger partial charge in [0.1, 0.15) is 0 Å². The van der Waals surface area contributed by atoms with Crippen molar-refractivity contribution < 1.29 is 9.72 Å². The second-order valence-electron chi connectivity index (χ2n) is 9.57. The zero-order valence-electron chi connectivity index (χ0n) is 20.0. The summed E-state index contributed by atoms with van der Waals surface area (Å²) in [4.78, 5) is 33.7. The third kappa shape index (κ3) is 4.95. The monoisotopic (exact) mass is 470 g/mol. The predicted octanol–water partition coefficient (Wildman–Crippen LogP) is 4.88. The number of para-hydroxylation sites is 1. The molecule has 0 saturated carbocycles. The maximum absolute atomic E-state index is 13.6. The van der Waals surface area contributed by atoms with Crippen LogP contribution in [0.5, 0.6) is 0 Å². The third-order valence-corrected chi connectivity index (χ3v) is 7.27. The van der Waals surface area contributed by atoms with Gasteiger partial charge in [-0.2, -0.15) is 0 Å². The Morgan fingerprint density at radius 2 is 1.71 bits per heavy atom. The molecule has 0 spiro atoms. The Morgan fingerprint density at radius 3 is 2.49 bits per heavy atom. The van der Waals surface area contributed by atoms with Crippen LogP contribution in [-0.2, 0) is 19.5 Å². The van der Waals surface area contributed by atoms with E-state index in [1.807, 2.05) is 42.2 Å². The molecule has 1 amide bonds. The summed E-state index contributed by atoms with van der Waals surface area (Å²) in [5.41, 5.74) is 5.99. The number of aromatic nitrogens is 1. The molecule has 180 valence electrons. The Hall–Kier alpha value is -3.58. The number of aryl methyl sites for hydroxylation is 1. The number of piperidine rings is 1. The Morgan fingerprint density at radius 1 is 1.00 bits per heavy atom. The molecule has 0 N–H and O–H groups in total. The van der Waals surface area contributed by atoms with Crippen LogP contribution in [0.15, 0.2) is 60.7 Å². The fraction of sp³-hybridized carbons (Fsp3) is 0.357. The molecule has 0 bridgehead atoms. The van der Waals surface area contributed by atoms with Crippen molar-refractivity contribution in [2.75, 3.05) is 19.6 Å². The lowest BCUT2D eigenvalue weighted by Gasteiger charge is -2.33. The van der Waals surface area contributed by atoms with E-state index in [1.165, 1.54) is 11.1 Å². The molecule has 35 heavy (non-hydrogen) atoms. The smallest absolute Gasteiger partial charge is 0.273 e. The SMILES string of the molecule is Cc1ccc(C(=O)N2CCc3ccccc3C2)c(C2CCN(Cc3ccccc3[N+](=O)[O-])CC2)n1. The molecule has 1 fully saturated rings. The Labute approximate surface area is 205 Å². The quantitative estimate of drug-likeness (QED) is 0.392. The number of hydrogen-bond acceptors (Lipinski definition) is 5. The molecule has 2 aliphatic rings. The molecule has 1 saturated heterocycles. The van der Waals surface area contributed by atoms with Gasteiger partial charge < -0.3 is 4.90 Å². The molecule has 5 rings (SSSR count). The van der Waals surface area contributed by atoms with Gasteiger partial charge in [-0.25, -0.2) is 0 Å². The largest absolute Gasteiger partial charge is 0.334 e. The molecule has 0 unspecified atom stereocenters. The fourth-order valence-electron chi connectivity index (χ4n) is 5.34. The number of pyridine rings is 1. The molecule has 0 aliphatic carbocycles. The van der Waals surface area contributed by atoms with Gasteiger partial charge in [0.25, 0.3) is 11.6 Å². The van der Waals surface area contributed by atoms with Crippen LogP contribution in [0, 0.1) is 17.0 Å². The van der Waals surface area contributed by atoms with Gasteiger partial charge in [-0.05, 0) is 62.5 Å². The first-order valence-corrected chi connectivity index (χ1v) is 12.3. The standard InChI is InChI=1S/C28H30N4O3/c1-20-10-11-25(28(33)31-17-14-21-6-2-3-7-23(21)19-31)27(29-20)22-12-15-30(16-13-22)18-24-8-4-5-9-26(24)32(34)35/h2-11,22H,12-19H2,1H3. The average Bonchev–Trinajstić information content (AvgIpc) is 2.88. The molecule has 0 atom stereocenters. The van der Waals surface area contributed by atoms with Crippen LogP contribution >= 0.6 is 0 Å². The van der Waals surface area contributed by atoms with Crippen molar-refractivity contribution in [1.82, 2.24) is 14.8 Å². The van der Waals surface area contributed by atoms with Crippen molar-refractivity contribution in [3.05, 3.63) is 104 Å². The normalized spacial score (nSPS) is 16.7. The van der Waals surface area contributed by atoms with Crippen LogP contribution in [0.2, 0.25) is 0 Å². The number of carbonyl (C=O) groups excluding carboxylic acids is 1. The van der Waals surface area contributed by atoms with Crippen LogP contribution in [0.1, 0.15) is 57.2 Å². The maximum Gasteiger partial charge on any atom is 0.273 e. The number of hydrogen-bond donors (Lipinski definition) is 0. The molecule has 0 radical (unpaired) electrons.